The van der Waals surface area contributed by atoms with Gasteiger partial charge in [0.25, 0.3) is 5.91 Å². The average Bonchev–Trinajstić information content (AvgIpc) is 3.13. The fraction of sp³-hybridized carbons (Fsp3) is 0.316. The van der Waals surface area contributed by atoms with E-state index in [1.165, 1.54) is 0 Å². The van der Waals surface area contributed by atoms with Crippen molar-refractivity contribution >= 4 is 27.5 Å². The minimum Gasteiger partial charge on any atom is -0.506 e. The topological polar surface area (TPSA) is 61.8 Å². The summed E-state index contributed by atoms with van der Waals surface area (Å²) in [5, 5.41) is 13.9. The molecule has 1 amide bonds. The highest BCUT2D eigenvalue weighted by Crippen LogP contribution is 2.39. The molecular formula is C19H19BrN2O3. The molecular weight excluding hydrogens is 384 g/mol. The number of rotatable bonds is 3. The number of anilines is 1. The summed E-state index contributed by atoms with van der Waals surface area (Å²) in [7, 11) is 0. The molecule has 2 heterocycles. The van der Waals surface area contributed by atoms with Crippen molar-refractivity contribution in [3.8, 4) is 5.75 Å². The summed E-state index contributed by atoms with van der Waals surface area (Å²) < 4.78 is 6.34. The Morgan fingerprint density at radius 1 is 1.24 bits per heavy atom. The van der Waals surface area contributed by atoms with Gasteiger partial charge in [0, 0.05) is 24.4 Å². The number of hydrogen-bond donors (Lipinski definition) is 2. The van der Waals surface area contributed by atoms with E-state index in [9.17, 15) is 9.90 Å². The fourth-order valence-electron chi connectivity index (χ4n) is 3.49. The van der Waals surface area contributed by atoms with Gasteiger partial charge < -0.3 is 20.1 Å². The predicted octanol–water partition coefficient (Wildman–Crippen LogP) is 3.90. The van der Waals surface area contributed by atoms with Crippen LogP contribution in [-0.2, 0) is 4.74 Å². The molecule has 4 rings (SSSR count). The maximum Gasteiger partial charge on any atom is 0.257 e. The molecule has 25 heavy (non-hydrogen) atoms. The van der Waals surface area contributed by atoms with Gasteiger partial charge in [-0.3, -0.25) is 4.79 Å². The lowest BCUT2D eigenvalue weighted by atomic mass is 10.0. The number of nitrogens with one attached hydrogen (secondary N) is 1. The SMILES string of the molecule is O=C1c2ccccc2N[C@H](c2cccc(Br)c2O)N1C[C@H]1CCCO1. The highest BCUT2D eigenvalue weighted by molar-refractivity contribution is 9.10. The number of hydrogen-bond acceptors (Lipinski definition) is 4. The van der Waals surface area contributed by atoms with Gasteiger partial charge in [0.05, 0.1) is 16.1 Å². The number of carbonyl (C=O) groups is 1. The minimum absolute atomic E-state index is 0.0350. The number of halogens is 1. The van der Waals surface area contributed by atoms with Crippen LogP contribution in [0.2, 0.25) is 0 Å². The molecule has 0 aliphatic carbocycles. The number of ether oxygens (including phenoxy) is 1. The molecule has 0 spiro atoms. The molecule has 0 bridgehead atoms. The van der Waals surface area contributed by atoms with E-state index >= 15 is 0 Å². The number of para-hydroxylation sites is 2. The number of carbonyl (C=O) groups excluding carboxylic acids is 1. The molecule has 1 fully saturated rings. The van der Waals surface area contributed by atoms with Crippen LogP contribution in [0.1, 0.15) is 34.9 Å². The summed E-state index contributed by atoms with van der Waals surface area (Å²) in [6, 6.07) is 12.9. The van der Waals surface area contributed by atoms with Crippen LogP contribution >= 0.6 is 15.9 Å². The zero-order valence-corrected chi connectivity index (χ0v) is 15.2. The Balaban J connectivity index is 1.75. The zero-order chi connectivity index (χ0) is 17.4. The average molecular weight is 403 g/mol. The van der Waals surface area contributed by atoms with Gasteiger partial charge >= 0.3 is 0 Å². The molecule has 130 valence electrons. The van der Waals surface area contributed by atoms with Gasteiger partial charge in [0.15, 0.2) is 0 Å². The van der Waals surface area contributed by atoms with E-state index in [4.69, 9.17) is 4.74 Å². The fourth-order valence-corrected chi connectivity index (χ4v) is 3.87. The van der Waals surface area contributed by atoms with Crippen molar-refractivity contribution < 1.29 is 14.6 Å². The Kier molecular flexibility index (Phi) is 4.39. The summed E-state index contributed by atoms with van der Waals surface area (Å²) in [5.74, 6) is 0.0961. The molecule has 2 aliphatic heterocycles. The van der Waals surface area contributed by atoms with E-state index in [1.807, 2.05) is 36.4 Å². The first-order valence-corrected chi connectivity index (χ1v) is 9.20. The van der Waals surface area contributed by atoms with Gasteiger partial charge in [-0.2, -0.15) is 0 Å². The summed E-state index contributed by atoms with van der Waals surface area (Å²) in [4.78, 5) is 14.9. The van der Waals surface area contributed by atoms with Crippen molar-refractivity contribution in [2.75, 3.05) is 18.5 Å². The number of aromatic hydroxyl groups is 1. The van der Waals surface area contributed by atoms with Crippen LogP contribution in [0.25, 0.3) is 0 Å². The summed E-state index contributed by atoms with van der Waals surface area (Å²) in [6.07, 6.45) is 1.56. The number of phenols is 1. The Bertz CT molecular complexity index is 805. The third kappa shape index (κ3) is 3.00. The lowest BCUT2D eigenvalue weighted by Gasteiger charge is -2.39. The number of phenolic OH excluding ortho intramolecular Hbond substituents is 1. The largest absolute Gasteiger partial charge is 0.506 e. The van der Waals surface area contributed by atoms with Crippen molar-refractivity contribution in [2.45, 2.75) is 25.1 Å². The molecule has 2 aliphatic rings. The molecule has 2 aromatic rings. The van der Waals surface area contributed by atoms with Crippen molar-refractivity contribution in [3.05, 3.63) is 58.1 Å². The van der Waals surface area contributed by atoms with Gasteiger partial charge in [0.1, 0.15) is 11.9 Å². The van der Waals surface area contributed by atoms with E-state index in [2.05, 4.69) is 21.2 Å². The monoisotopic (exact) mass is 402 g/mol. The molecule has 0 saturated carbocycles. The number of benzene rings is 2. The molecule has 0 unspecified atom stereocenters. The maximum absolute atomic E-state index is 13.1. The molecule has 5 nitrogen and oxygen atoms in total. The van der Waals surface area contributed by atoms with Crippen LogP contribution in [0.15, 0.2) is 46.9 Å². The standard InChI is InChI=1S/C19H19BrN2O3/c20-15-8-3-7-14(17(15)23)18-21-16-9-2-1-6-13(16)19(24)22(18)11-12-5-4-10-25-12/h1-3,6-9,12,18,21,23H,4-5,10-11H2/t12-,18+/m1/s1. The maximum atomic E-state index is 13.1. The van der Waals surface area contributed by atoms with Crippen LogP contribution < -0.4 is 5.32 Å². The molecule has 2 N–H and O–H groups in total. The number of nitrogens with zero attached hydrogens (tertiary/aromatic N) is 1. The quantitative estimate of drug-likeness (QED) is 0.816. The van der Waals surface area contributed by atoms with E-state index < -0.39 is 6.17 Å². The van der Waals surface area contributed by atoms with E-state index in [0.717, 1.165) is 25.1 Å². The number of fused-ring (bicyclic) bond motifs is 1. The first-order chi connectivity index (χ1) is 12.1. The summed E-state index contributed by atoms with van der Waals surface area (Å²) >= 11 is 3.36. The zero-order valence-electron chi connectivity index (χ0n) is 13.6. The van der Waals surface area contributed by atoms with Crippen LogP contribution in [0, 0.1) is 0 Å². The van der Waals surface area contributed by atoms with Crippen molar-refractivity contribution in [1.82, 2.24) is 4.90 Å². The molecule has 6 heteroatoms. The van der Waals surface area contributed by atoms with E-state index in [-0.39, 0.29) is 17.8 Å². The Morgan fingerprint density at radius 3 is 2.88 bits per heavy atom. The Hall–Kier alpha value is -2.05. The van der Waals surface area contributed by atoms with E-state index in [1.54, 1.807) is 11.0 Å². The van der Waals surface area contributed by atoms with E-state index in [0.29, 0.717) is 22.1 Å². The van der Waals surface area contributed by atoms with Gasteiger partial charge in [-0.25, -0.2) is 0 Å². The van der Waals surface area contributed by atoms with Crippen molar-refractivity contribution in [3.63, 3.8) is 0 Å². The molecule has 2 aromatic carbocycles. The van der Waals surface area contributed by atoms with Gasteiger partial charge in [-0.05, 0) is 47.0 Å². The first-order valence-electron chi connectivity index (χ1n) is 8.40. The summed E-state index contributed by atoms with van der Waals surface area (Å²) in [6.45, 7) is 1.24. The highest BCUT2D eigenvalue weighted by atomic mass is 79.9. The molecule has 0 aromatic heterocycles. The predicted molar refractivity (Wildman–Crippen MR) is 98.6 cm³/mol. The van der Waals surface area contributed by atoms with Crippen LogP contribution in [-0.4, -0.2) is 35.2 Å². The van der Waals surface area contributed by atoms with Gasteiger partial charge in [-0.1, -0.05) is 24.3 Å². The lowest BCUT2D eigenvalue weighted by molar-refractivity contribution is 0.0424. The molecule has 1 saturated heterocycles. The molecule has 2 atom stereocenters. The second-order valence-electron chi connectivity index (χ2n) is 6.36. The van der Waals surface area contributed by atoms with Gasteiger partial charge in [-0.15, -0.1) is 0 Å². The van der Waals surface area contributed by atoms with Crippen LogP contribution in [0.5, 0.6) is 5.75 Å². The third-order valence-electron chi connectivity index (χ3n) is 4.76. The van der Waals surface area contributed by atoms with Crippen molar-refractivity contribution in [1.29, 1.82) is 0 Å². The summed E-state index contributed by atoms with van der Waals surface area (Å²) in [5.41, 5.74) is 2.09. The molecule has 0 radical (unpaired) electrons. The second-order valence-corrected chi connectivity index (χ2v) is 7.22. The van der Waals surface area contributed by atoms with Crippen LogP contribution in [0.3, 0.4) is 0 Å². The first kappa shape index (κ1) is 16.4. The Morgan fingerprint density at radius 2 is 2.08 bits per heavy atom. The smallest absolute Gasteiger partial charge is 0.257 e. The second kappa shape index (κ2) is 6.69. The van der Waals surface area contributed by atoms with Crippen LogP contribution in [0.4, 0.5) is 5.69 Å². The third-order valence-corrected chi connectivity index (χ3v) is 5.40. The number of amides is 1. The normalized spacial score (nSPS) is 22.6. The lowest BCUT2D eigenvalue weighted by Crippen LogP contribution is -2.46. The van der Waals surface area contributed by atoms with Crippen molar-refractivity contribution in [2.24, 2.45) is 0 Å². The Labute approximate surface area is 154 Å². The van der Waals surface area contributed by atoms with Gasteiger partial charge in [0.2, 0.25) is 0 Å². The highest BCUT2D eigenvalue weighted by Gasteiger charge is 2.36. The minimum atomic E-state index is -0.441.